The van der Waals surface area contributed by atoms with Crippen LogP contribution in [-0.2, 0) is 6.42 Å². The van der Waals surface area contributed by atoms with Crippen molar-refractivity contribution < 1.29 is 0 Å². The molecular formula is C8H13N3. The lowest BCUT2D eigenvalue weighted by Crippen LogP contribution is -2.35. The van der Waals surface area contributed by atoms with Crippen LogP contribution in [-0.4, -0.2) is 16.0 Å². The molecule has 2 rings (SSSR count). The van der Waals surface area contributed by atoms with Gasteiger partial charge in [-0.1, -0.05) is 0 Å². The van der Waals surface area contributed by atoms with Gasteiger partial charge in [-0.25, -0.2) is 4.98 Å². The summed E-state index contributed by atoms with van der Waals surface area (Å²) < 4.78 is 0. The van der Waals surface area contributed by atoms with Crippen LogP contribution in [0.4, 0.5) is 0 Å². The highest BCUT2D eigenvalue weighted by molar-refractivity contribution is 5.19. The summed E-state index contributed by atoms with van der Waals surface area (Å²) >= 11 is 0. The van der Waals surface area contributed by atoms with Crippen LogP contribution in [0.3, 0.4) is 0 Å². The summed E-state index contributed by atoms with van der Waals surface area (Å²) in [5, 5.41) is 3.44. The summed E-state index contributed by atoms with van der Waals surface area (Å²) in [6.45, 7) is 4.34. The van der Waals surface area contributed by atoms with Gasteiger partial charge in [0.2, 0.25) is 0 Å². The van der Waals surface area contributed by atoms with Crippen LogP contribution in [0.1, 0.15) is 31.3 Å². The van der Waals surface area contributed by atoms with Crippen molar-refractivity contribution in [1.82, 2.24) is 15.3 Å². The molecule has 0 amide bonds. The summed E-state index contributed by atoms with van der Waals surface area (Å²) in [6, 6.07) is 0.970. The number of rotatable bonds is 0. The lowest BCUT2D eigenvalue weighted by molar-refractivity contribution is 0.436. The first-order valence-electron chi connectivity index (χ1n) is 4.05. The Labute approximate surface area is 66.2 Å². The minimum absolute atomic E-state index is 0.403. The predicted molar refractivity (Wildman–Crippen MR) is 43.3 cm³/mol. The Bertz CT molecular complexity index is 254. The Balaban J connectivity index is 2.36. The van der Waals surface area contributed by atoms with E-state index in [1.807, 2.05) is 0 Å². The van der Waals surface area contributed by atoms with Crippen LogP contribution < -0.4 is 5.32 Å². The van der Waals surface area contributed by atoms with Crippen molar-refractivity contribution in [2.45, 2.75) is 32.4 Å². The molecule has 1 aliphatic heterocycles. The molecule has 3 heteroatoms. The largest absolute Gasteiger partial charge is 0.348 e. The molecule has 2 N–H and O–H groups in total. The van der Waals surface area contributed by atoms with Crippen molar-refractivity contribution >= 4 is 0 Å². The Morgan fingerprint density at radius 1 is 1.55 bits per heavy atom. The molecule has 0 unspecified atom stereocenters. The molecule has 1 aromatic heterocycles. The summed E-state index contributed by atoms with van der Waals surface area (Å²) in [6.07, 6.45) is 2.85. The van der Waals surface area contributed by atoms with Crippen LogP contribution in [0.15, 0.2) is 6.33 Å². The number of nitrogens with one attached hydrogen (secondary N) is 2. The second-order valence-electron chi connectivity index (χ2n) is 3.26. The van der Waals surface area contributed by atoms with E-state index in [0.717, 1.165) is 6.42 Å². The second kappa shape index (κ2) is 2.34. The Morgan fingerprint density at radius 2 is 2.36 bits per heavy atom. The van der Waals surface area contributed by atoms with Gasteiger partial charge in [0.25, 0.3) is 0 Å². The molecule has 1 aliphatic rings. The third-order valence-corrected chi connectivity index (χ3v) is 2.21. The van der Waals surface area contributed by atoms with Gasteiger partial charge < -0.3 is 10.3 Å². The molecule has 0 saturated heterocycles. The maximum atomic E-state index is 4.25. The van der Waals surface area contributed by atoms with Gasteiger partial charge in [0.15, 0.2) is 0 Å². The van der Waals surface area contributed by atoms with Gasteiger partial charge in [0.1, 0.15) is 0 Å². The predicted octanol–water partition coefficient (Wildman–Crippen LogP) is 1.00. The topological polar surface area (TPSA) is 40.7 Å². The summed E-state index contributed by atoms with van der Waals surface area (Å²) in [5.41, 5.74) is 2.48. The first-order chi connectivity index (χ1) is 5.27. The number of hydrogen-bond acceptors (Lipinski definition) is 2. The summed E-state index contributed by atoms with van der Waals surface area (Å²) in [5.74, 6) is 0. The van der Waals surface area contributed by atoms with Gasteiger partial charge in [0.05, 0.1) is 12.0 Å². The average molecular weight is 151 g/mol. The molecule has 0 saturated carbocycles. The molecule has 1 aromatic rings. The number of aromatic nitrogens is 2. The van der Waals surface area contributed by atoms with E-state index in [9.17, 15) is 0 Å². The van der Waals surface area contributed by atoms with Gasteiger partial charge >= 0.3 is 0 Å². The summed E-state index contributed by atoms with van der Waals surface area (Å²) in [7, 11) is 0. The van der Waals surface area contributed by atoms with Crippen LogP contribution in [0.5, 0.6) is 0 Å². The molecule has 0 fully saturated rings. The van der Waals surface area contributed by atoms with Crippen LogP contribution in [0.2, 0.25) is 0 Å². The molecule has 2 heterocycles. The van der Waals surface area contributed by atoms with Gasteiger partial charge in [-0.3, -0.25) is 0 Å². The third kappa shape index (κ3) is 1.05. The number of aromatic amines is 1. The fraction of sp³-hybridized carbons (Fsp3) is 0.625. The Hall–Kier alpha value is -0.830. The van der Waals surface area contributed by atoms with Crippen LogP contribution in [0.25, 0.3) is 0 Å². The SMILES string of the molecule is C[C@@H]1N[C@@H](C)Cc2[nH]cnc21. The maximum absolute atomic E-state index is 4.25. The van der Waals surface area contributed by atoms with Crippen molar-refractivity contribution in [2.75, 3.05) is 0 Å². The quantitative estimate of drug-likeness (QED) is 0.581. The maximum Gasteiger partial charge on any atom is 0.0925 e. The molecule has 11 heavy (non-hydrogen) atoms. The first-order valence-corrected chi connectivity index (χ1v) is 4.05. The van der Waals surface area contributed by atoms with E-state index in [2.05, 4.69) is 29.1 Å². The molecule has 0 aromatic carbocycles. The normalized spacial score (nSPS) is 30.0. The van der Waals surface area contributed by atoms with E-state index in [-0.39, 0.29) is 0 Å². The fourth-order valence-electron chi connectivity index (χ4n) is 1.74. The van der Waals surface area contributed by atoms with Crippen LogP contribution >= 0.6 is 0 Å². The Morgan fingerprint density at radius 3 is 3.18 bits per heavy atom. The van der Waals surface area contributed by atoms with Crippen molar-refractivity contribution in [3.8, 4) is 0 Å². The fourth-order valence-corrected chi connectivity index (χ4v) is 1.74. The highest BCUT2D eigenvalue weighted by Gasteiger charge is 2.21. The monoisotopic (exact) mass is 151 g/mol. The van der Waals surface area contributed by atoms with Gasteiger partial charge in [-0.2, -0.15) is 0 Å². The minimum Gasteiger partial charge on any atom is -0.348 e. The van der Waals surface area contributed by atoms with Gasteiger partial charge in [0, 0.05) is 24.2 Å². The van der Waals surface area contributed by atoms with E-state index in [0.29, 0.717) is 12.1 Å². The number of fused-ring (bicyclic) bond motifs is 1. The van der Waals surface area contributed by atoms with E-state index in [4.69, 9.17) is 0 Å². The second-order valence-corrected chi connectivity index (χ2v) is 3.26. The number of hydrogen-bond donors (Lipinski definition) is 2. The zero-order chi connectivity index (χ0) is 7.84. The van der Waals surface area contributed by atoms with Crippen molar-refractivity contribution in [2.24, 2.45) is 0 Å². The third-order valence-electron chi connectivity index (χ3n) is 2.21. The highest BCUT2D eigenvalue weighted by Crippen LogP contribution is 2.20. The number of imidazole rings is 1. The Kier molecular flexibility index (Phi) is 1.46. The molecule has 0 aliphatic carbocycles. The standard InChI is InChI=1S/C8H13N3/c1-5-3-7-8(6(2)11-5)10-4-9-7/h4-6,11H,3H2,1-2H3,(H,9,10)/t5-,6-/m0/s1. The van der Waals surface area contributed by atoms with Crippen molar-refractivity contribution in [3.05, 3.63) is 17.7 Å². The molecule has 0 spiro atoms. The molecule has 0 bridgehead atoms. The lowest BCUT2D eigenvalue weighted by atomic mass is 10.0. The smallest absolute Gasteiger partial charge is 0.0925 e. The molecule has 3 nitrogen and oxygen atoms in total. The van der Waals surface area contributed by atoms with Crippen molar-refractivity contribution in [1.29, 1.82) is 0 Å². The molecular weight excluding hydrogens is 138 g/mol. The number of H-pyrrole nitrogens is 1. The zero-order valence-corrected chi connectivity index (χ0v) is 6.89. The van der Waals surface area contributed by atoms with E-state index >= 15 is 0 Å². The average Bonchev–Trinajstić information content (AvgIpc) is 2.34. The molecule has 60 valence electrons. The van der Waals surface area contributed by atoms with Gasteiger partial charge in [-0.05, 0) is 13.8 Å². The van der Waals surface area contributed by atoms with Gasteiger partial charge in [-0.15, -0.1) is 0 Å². The first kappa shape index (κ1) is 6.85. The lowest BCUT2D eigenvalue weighted by Gasteiger charge is -2.24. The minimum atomic E-state index is 0.403. The van der Waals surface area contributed by atoms with Crippen LogP contribution in [0, 0.1) is 0 Å². The molecule has 0 radical (unpaired) electrons. The zero-order valence-electron chi connectivity index (χ0n) is 6.89. The van der Waals surface area contributed by atoms with E-state index in [1.165, 1.54) is 11.4 Å². The molecule has 2 atom stereocenters. The summed E-state index contributed by atoms with van der Waals surface area (Å²) in [4.78, 5) is 7.42. The van der Waals surface area contributed by atoms with Crippen molar-refractivity contribution in [3.63, 3.8) is 0 Å². The number of nitrogens with zero attached hydrogens (tertiary/aromatic N) is 1. The highest BCUT2D eigenvalue weighted by atomic mass is 15.0. The van der Waals surface area contributed by atoms with E-state index < -0.39 is 0 Å². The van der Waals surface area contributed by atoms with E-state index in [1.54, 1.807) is 6.33 Å².